The first-order chi connectivity index (χ1) is 12.0. The van der Waals surface area contributed by atoms with E-state index in [1.54, 1.807) is 25.4 Å². The number of nitrogens with zero attached hydrogens (tertiary/aromatic N) is 3. The molecule has 0 aromatic carbocycles. The minimum Gasteiger partial charge on any atom is -0.352 e. The lowest BCUT2D eigenvalue weighted by Crippen LogP contribution is -2.41. The Morgan fingerprint density at radius 1 is 1.35 bits per heavy atom. The van der Waals surface area contributed by atoms with Gasteiger partial charge in [0.05, 0.1) is 6.42 Å². The molecule has 2 heterocycles. The molecule has 1 amide bonds. The second-order valence-corrected chi connectivity index (χ2v) is 5.87. The number of unbranched alkanes of at least 4 members (excludes halogenated alkanes) is 1. The maximum atomic E-state index is 12.3. The zero-order chi connectivity index (χ0) is 18.2. The van der Waals surface area contributed by atoms with Gasteiger partial charge in [0.25, 0.3) is 5.56 Å². The summed E-state index contributed by atoms with van der Waals surface area (Å²) in [6.45, 7) is 4.16. The molecule has 26 heavy (non-hydrogen) atoms. The lowest BCUT2D eigenvalue weighted by Gasteiger charge is -2.16. The highest BCUT2D eigenvalue weighted by Gasteiger charge is 2.16. The number of aromatic nitrogens is 4. The average molecular weight is 381 g/mol. The summed E-state index contributed by atoms with van der Waals surface area (Å²) in [5, 5.41) is 2.88. The van der Waals surface area contributed by atoms with Crippen molar-refractivity contribution in [2.45, 2.75) is 45.6 Å². The number of aryl methyl sites for hydroxylation is 1. The number of rotatable bonds is 8. The predicted molar refractivity (Wildman–Crippen MR) is 102 cm³/mol. The second kappa shape index (κ2) is 10.6. The Morgan fingerprint density at radius 2 is 2.04 bits per heavy atom. The number of hydrogen-bond donors (Lipinski definition) is 3. The van der Waals surface area contributed by atoms with E-state index in [0.29, 0.717) is 23.6 Å². The topological polar surface area (TPSA) is 127 Å². The largest absolute Gasteiger partial charge is 0.352 e. The molecule has 8 nitrogen and oxygen atoms in total. The van der Waals surface area contributed by atoms with Crippen molar-refractivity contribution >= 4 is 18.3 Å². The quantitative estimate of drug-likeness (QED) is 0.630. The molecule has 2 aromatic heterocycles. The van der Waals surface area contributed by atoms with E-state index in [-0.39, 0.29) is 42.2 Å². The fraction of sp³-hybridized carbons (Fsp3) is 0.471. The van der Waals surface area contributed by atoms with E-state index in [1.807, 2.05) is 0 Å². The number of nitrogens with two attached hydrogens (primary N) is 1. The Balaban J connectivity index is 0.00000338. The Kier molecular flexibility index (Phi) is 8.87. The molecule has 2 aromatic rings. The van der Waals surface area contributed by atoms with Crippen LogP contribution in [0.5, 0.6) is 0 Å². The van der Waals surface area contributed by atoms with Crippen LogP contribution >= 0.6 is 12.4 Å². The van der Waals surface area contributed by atoms with E-state index in [9.17, 15) is 9.59 Å². The smallest absolute Gasteiger partial charge is 0.255 e. The maximum Gasteiger partial charge on any atom is 0.255 e. The fourth-order valence-corrected chi connectivity index (χ4v) is 2.48. The van der Waals surface area contributed by atoms with Crippen LogP contribution in [0.2, 0.25) is 0 Å². The number of H-pyrrole nitrogens is 1. The van der Waals surface area contributed by atoms with Gasteiger partial charge in [0.2, 0.25) is 5.91 Å². The van der Waals surface area contributed by atoms with E-state index in [4.69, 9.17) is 5.73 Å². The van der Waals surface area contributed by atoms with Crippen molar-refractivity contribution in [2.24, 2.45) is 5.73 Å². The first kappa shape index (κ1) is 21.7. The van der Waals surface area contributed by atoms with Gasteiger partial charge in [-0.1, -0.05) is 19.8 Å². The van der Waals surface area contributed by atoms with Gasteiger partial charge < -0.3 is 16.0 Å². The van der Waals surface area contributed by atoms with Crippen molar-refractivity contribution in [3.05, 3.63) is 40.1 Å². The molecule has 0 saturated heterocycles. The van der Waals surface area contributed by atoms with Crippen LogP contribution in [-0.2, 0) is 11.2 Å². The van der Waals surface area contributed by atoms with Gasteiger partial charge in [-0.25, -0.2) is 15.0 Å². The van der Waals surface area contributed by atoms with Crippen molar-refractivity contribution in [2.75, 3.05) is 6.54 Å². The summed E-state index contributed by atoms with van der Waals surface area (Å²) in [6, 6.07) is 1.61. The Labute approximate surface area is 158 Å². The van der Waals surface area contributed by atoms with Crippen LogP contribution in [0, 0.1) is 6.92 Å². The van der Waals surface area contributed by atoms with E-state index >= 15 is 0 Å². The molecule has 0 radical (unpaired) electrons. The summed E-state index contributed by atoms with van der Waals surface area (Å²) >= 11 is 0. The predicted octanol–water partition coefficient (Wildman–Crippen LogP) is 1.13. The minimum absolute atomic E-state index is 0. The zero-order valence-electron chi connectivity index (χ0n) is 15.0. The van der Waals surface area contributed by atoms with Crippen molar-refractivity contribution in [3.63, 3.8) is 0 Å². The van der Waals surface area contributed by atoms with Gasteiger partial charge in [-0.05, 0) is 19.4 Å². The molecule has 1 unspecified atom stereocenters. The van der Waals surface area contributed by atoms with E-state index in [1.165, 1.54) is 0 Å². The van der Waals surface area contributed by atoms with Gasteiger partial charge in [0, 0.05) is 36.2 Å². The molecule has 4 N–H and O–H groups in total. The van der Waals surface area contributed by atoms with Gasteiger partial charge in [-0.2, -0.15) is 0 Å². The highest BCUT2D eigenvalue weighted by molar-refractivity contribution is 5.85. The zero-order valence-corrected chi connectivity index (χ0v) is 15.8. The van der Waals surface area contributed by atoms with Crippen LogP contribution in [0.15, 0.2) is 23.3 Å². The summed E-state index contributed by atoms with van der Waals surface area (Å²) in [5.74, 6) is 0.391. The van der Waals surface area contributed by atoms with E-state index in [2.05, 4.69) is 32.2 Å². The van der Waals surface area contributed by atoms with Crippen LogP contribution in [0.3, 0.4) is 0 Å². The summed E-state index contributed by atoms with van der Waals surface area (Å²) in [5.41, 5.74) is 6.15. The third-order valence-electron chi connectivity index (χ3n) is 3.89. The van der Waals surface area contributed by atoms with Crippen LogP contribution < -0.4 is 16.6 Å². The highest BCUT2D eigenvalue weighted by atomic mass is 35.5. The number of carbonyl (C=O) groups excluding carboxylic acids is 1. The van der Waals surface area contributed by atoms with Gasteiger partial charge in [0.1, 0.15) is 0 Å². The molecule has 1 atom stereocenters. The SMILES string of the molecule is CCCCC(CN)NC(=O)Cc1c(C)nc(-c2ncccn2)[nH]c1=O.Cl. The Morgan fingerprint density at radius 3 is 2.62 bits per heavy atom. The normalized spacial score (nSPS) is 11.5. The first-order valence-electron chi connectivity index (χ1n) is 8.41. The van der Waals surface area contributed by atoms with E-state index in [0.717, 1.165) is 19.3 Å². The van der Waals surface area contributed by atoms with Gasteiger partial charge in [-0.15, -0.1) is 12.4 Å². The third-order valence-corrected chi connectivity index (χ3v) is 3.89. The molecule has 9 heteroatoms. The molecule has 0 saturated carbocycles. The standard InChI is InChI=1S/C17H24N6O2.ClH/c1-3-4-6-12(10-18)22-14(24)9-13-11(2)21-16(23-17(13)25)15-19-7-5-8-20-15;/h5,7-8,12H,3-4,6,9-10,18H2,1-2H3,(H,22,24)(H,21,23,25);1H. The van der Waals surface area contributed by atoms with E-state index < -0.39 is 0 Å². The summed E-state index contributed by atoms with van der Waals surface area (Å²) in [6.07, 6.45) is 5.97. The molecule has 0 aliphatic carbocycles. The van der Waals surface area contributed by atoms with Crippen molar-refractivity contribution < 1.29 is 4.79 Å². The van der Waals surface area contributed by atoms with Crippen LogP contribution in [0.25, 0.3) is 11.6 Å². The highest BCUT2D eigenvalue weighted by Crippen LogP contribution is 2.09. The third kappa shape index (κ3) is 5.89. The van der Waals surface area contributed by atoms with Crippen molar-refractivity contribution in [1.82, 2.24) is 25.3 Å². The molecule has 0 bridgehead atoms. The molecular weight excluding hydrogens is 356 g/mol. The molecule has 0 fully saturated rings. The number of nitrogens with one attached hydrogen (secondary N) is 2. The molecule has 0 aliphatic rings. The number of hydrogen-bond acceptors (Lipinski definition) is 6. The van der Waals surface area contributed by atoms with Crippen LogP contribution in [-0.4, -0.2) is 38.4 Å². The molecule has 0 aliphatic heterocycles. The first-order valence-corrected chi connectivity index (χ1v) is 8.41. The van der Waals surface area contributed by atoms with Gasteiger partial charge in [-0.3, -0.25) is 9.59 Å². The summed E-state index contributed by atoms with van der Waals surface area (Å²) in [4.78, 5) is 39.7. The number of aromatic amines is 1. The lowest BCUT2D eigenvalue weighted by atomic mass is 10.1. The maximum absolute atomic E-state index is 12.3. The van der Waals surface area contributed by atoms with Crippen molar-refractivity contribution in [1.29, 1.82) is 0 Å². The molecule has 0 spiro atoms. The summed E-state index contributed by atoms with van der Waals surface area (Å²) in [7, 11) is 0. The molecule has 142 valence electrons. The second-order valence-electron chi connectivity index (χ2n) is 5.87. The monoisotopic (exact) mass is 380 g/mol. The van der Waals surface area contributed by atoms with Crippen molar-refractivity contribution in [3.8, 4) is 11.6 Å². The van der Waals surface area contributed by atoms with Gasteiger partial charge in [0.15, 0.2) is 11.6 Å². The van der Waals surface area contributed by atoms with Crippen LogP contribution in [0.1, 0.15) is 37.4 Å². The summed E-state index contributed by atoms with van der Waals surface area (Å²) < 4.78 is 0. The van der Waals surface area contributed by atoms with Crippen LogP contribution in [0.4, 0.5) is 0 Å². The molecule has 2 rings (SSSR count). The minimum atomic E-state index is -0.358. The molecular formula is C17H25ClN6O2. The Hall–Kier alpha value is -2.32. The van der Waals surface area contributed by atoms with Gasteiger partial charge >= 0.3 is 0 Å². The number of carbonyl (C=O) groups is 1. The lowest BCUT2D eigenvalue weighted by molar-refractivity contribution is -0.121. The number of halogens is 1. The average Bonchev–Trinajstić information content (AvgIpc) is 2.62. The Bertz CT molecular complexity index is 766. The number of amides is 1. The fourth-order valence-electron chi connectivity index (χ4n) is 2.48.